The van der Waals surface area contributed by atoms with Crippen LogP contribution in [0.2, 0.25) is 0 Å². The fraction of sp³-hybridized carbons (Fsp3) is 0.711. The van der Waals surface area contributed by atoms with Crippen molar-refractivity contribution in [2.45, 2.75) is 126 Å². The number of amides is 1. The molecule has 0 saturated carbocycles. The fourth-order valence-electron chi connectivity index (χ4n) is 6.30. The van der Waals surface area contributed by atoms with E-state index in [1.807, 2.05) is 45.0 Å². The predicted octanol–water partition coefficient (Wildman–Crippen LogP) is 3.31. The first-order chi connectivity index (χ1) is 27.1. The van der Waals surface area contributed by atoms with E-state index in [9.17, 15) is 24.6 Å². The van der Waals surface area contributed by atoms with Crippen molar-refractivity contribution in [3.63, 3.8) is 0 Å². The van der Waals surface area contributed by atoms with Gasteiger partial charge in [-0.2, -0.15) is 0 Å². The summed E-state index contributed by atoms with van der Waals surface area (Å²) in [7, 11) is 7.23. The molecule has 0 spiro atoms. The van der Waals surface area contributed by atoms with Crippen LogP contribution in [0.3, 0.4) is 0 Å². The molecule has 1 amide bonds. The number of nitrogens with zero attached hydrogens (tertiary/aromatic N) is 3. The summed E-state index contributed by atoms with van der Waals surface area (Å²) in [5, 5.41) is 31.3. The molecule has 0 bridgehead atoms. The second kappa shape index (κ2) is 22.8. The number of hydrogen-bond donors (Lipinski definition) is 4. The summed E-state index contributed by atoms with van der Waals surface area (Å²) in [5.74, 6) is 0.144. The lowest BCUT2D eigenvalue weighted by Gasteiger charge is -2.41. The number of hydrogen-bond acceptors (Lipinski definition) is 17. The van der Waals surface area contributed by atoms with Crippen LogP contribution in [0, 0.1) is 5.92 Å². The zero-order valence-corrected chi connectivity index (χ0v) is 36.0. The van der Waals surface area contributed by atoms with Crippen LogP contribution in [0.4, 0.5) is 4.79 Å². The molecule has 57 heavy (non-hydrogen) atoms. The number of aliphatic imine (C=N–C) groups is 2. The van der Waals surface area contributed by atoms with E-state index in [2.05, 4.69) is 22.0 Å². The van der Waals surface area contributed by atoms with Crippen LogP contribution in [-0.4, -0.2) is 150 Å². The summed E-state index contributed by atoms with van der Waals surface area (Å²) in [6, 6.07) is 7.04. The predicted molar refractivity (Wildman–Crippen MR) is 216 cm³/mol. The van der Waals surface area contributed by atoms with Gasteiger partial charge in [-0.25, -0.2) is 4.79 Å². The Bertz CT molecular complexity index is 1510. The first-order valence-corrected chi connectivity index (χ1v) is 20.5. The van der Waals surface area contributed by atoms with E-state index < -0.39 is 30.0 Å². The largest absolute Gasteiger partial charge is 0.497 e. The van der Waals surface area contributed by atoms with Crippen molar-refractivity contribution in [2.75, 3.05) is 42.0 Å². The second-order valence-corrected chi connectivity index (χ2v) is 16.5. The van der Waals surface area contributed by atoms with Crippen molar-refractivity contribution in [3.05, 3.63) is 29.8 Å². The molecule has 5 rings (SSSR count). The van der Waals surface area contributed by atoms with Crippen molar-refractivity contribution in [3.8, 4) is 5.75 Å². The summed E-state index contributed by atoms with van der Waals surface area (Å²) in [6.07, 6.45) is -2.28. The highest BCUT2D eigenvalue weighted by molar-refractivity contribution is 8.14. The van der Waals surface area contributed by atoms with E-state index in [0.717, 1.165) is 18.4 Å². The number of thioether (sulfide) groups is 2. The molecule has 10 atom stereocenters. The van der Waals surface area contributed by atoms with Gasteiger partial charge >= 0.3 is 18.0 Å². The van der Waals surface area contributed by atoms with Gasteiger partial charge in [-0.05, 0) is 58.2 Å². The van der Waals surface area contributed by atoms with E-state index in [-0.39, 0.29) is 65.9 Å². The number of carbonyl (C=O) groups excluding carboxylic acids is 3. The summed E-state index contributed by atoms with van der Waals surface area (Å²) in [6.45, 7) is 10.1. The van der Waals surface area contributed by atoms with E-state index in [4.69, 9.17) is 38.5 Å². The molecule has 1 aromatic rings. The van der Waals surface area contributed by atoms with Gasteiger partial charge in [0.1, 0.15) is 40.5 Å². The van der Waals surface area contributed by atoms with Crippen LogP contribution in [-0.2, 0) is 44.6 Å². The monoisotopic (exact) mass is 844 g/mol. The molecule has 0 radical (unpaired) electrons. The van der Waals surface area contributed by atoms with Crippen molar-refractivity contribution in [1.29, 1.82) is 0 Å². The Balaban J connectivity index is 0.000000347. The fourth-order valence-corrected chi connectivity index (χ4v) is 8.58. The number of ether oxygens (including phenoxy) is 7. The van der Waals surface area contributed by atoms with Gasteiger partial charge in [0.05, 0.1) is 51.8 Å². The van der Waals surface area contributed by atoms with Crippen molar-refractivity contribution in [2.24, 2.45) is 15.9 Å². The van der Waals surface area contributed by atoms with E-state index in [0.29, 0.717) is 36.4 Å². The summed E-state index contributed by atoms with van der Waals surface area (Å²) in [4.78, 5) is 46.0. The minimum Gasteiger partial charge on any atom is -0.497 e. The molecule has 17 nitrogen and oxygen atoms in total. The molecular weight excluding hydrogens is 785 g/mol. The number of benzene rings is 1. The van der Waals surface area contributed by atoms with E-state index in [1.54, 1.807) is 28.1 Å². The number of fused-ring (bicyclic) bond motifs is 2. The normalized spacial score (nSPS) is 29.5. The Morgan fingerprint density at radius 1 is 0.965 bits per heavy atom. The number of nitrogens with one attached hydrogen (secondary N) is 1. The maximum atomic E-state index is 12.6. The van der Waals surface area contributed by atoms with Crippen molar-refractivity contribution in [1.82, 2.24) is 10.2 Å². The Morgan fingerprint density at radius 2 is 1.60 bits per heavy atom. The van der Waals surface area contributed by atoms with Gasteiger partial charge < -0.3 is 53.8 Å². The van der Waals surface area contributed by atoms with Crippen LogP contribution in [0.1, 0.15) is 65.9 Å². The van der Waals surface area contributed by atoms with Gasteiger partial charge in [-0.3, -0.25) is 24.5 Å². The third-order valence-electron chi connectivity index (χ3n) is 9.29. The molecule has 3 fully saturated rings. The number of methoxy groups -OCH3 is 2. The quantitative estimate of drug-likeness (QED) is 0.186. The summed E-state index contributed by atoms with van der Waals surface area (Å²) >= 11 is 2.75. The van der Waals surface area contributed by atoms with Crippen LogP contribution in [0.5, 0.6) is 5.75 Å². The third-order valence-corrected chi connectivity index (χ3v) is 11.7. The zero-order valence-electron chi connectivity index (χ0n) is 34.4. The van der Waals surface area contributed by atoms with E-state index >= 15 is 0 Å². The molecule has 0 unspecified atom stereocenters. The van der Waals surface area contributed by atoms with Gasteiger partial charge in [-0.1, -0.05) is 42.6 Å². The molecule has 0 aromatic heterocycles. The smallest absolute Gasteiger partial charge is 0.416 e. The number of carbonyl (C=O) groups is 3. The minimum absolute atomic E-state index is 0.0329. The Hall–Kier alpha value is -3.17. The summed E-state index contributed by atoms with van der Waals surface area (Å²) < 4.78 is 38.9. The van der Waals surface area contributed by atoms with Gasteiger partial charge in [0.15, 0.2) is 10.3 Å². The van der Waals surface area contributed by atoms with Crippen molar-refractivity contribution < 1.29 is 62.9 Å². The summed E-state index contributed by atoms with van der Waals surface area (Å²) in [5.41, 5.74) is -0.251. The highest BCUT2D eigenvalue weighted by atomic mass is 32.2. The van der Waals surface area contributed by atoms with E-state index in [1.165, 1.54) is 35.5 Å². The first-order valence-electron chi connectivity index (χ1n) is 18.8. The first kappa shape index (κ1) is 48.2. The topological polar surface area (TPSA) is 216 Å². The number of esters is 2. The lowest BCUT2D eigenvalue weighted by Crippen LogP contribution is -2.58. The lowest BCUT2D eigenvalue weighted by atomic mass is 9.87. The van der Waals surface area contributed by atoms with Crippen LogP contribution in [0.15, 0.2) is 34.3 Å². The number of amidine groups is 2. The molecule has 322 valence electrons. The standard InChI is InChI=1S/C26H38N2O7S.C11H18N2O5S.CH4O/c1-8-32-20(29)14-13-19-16(2)22(33-15-17-9-11-18(31-7)12-10-17)21-23(34-19)36-24(27-21)28(6)25(30)35-26(3,4)5;1-12-11-13-7-9(16)8(15)5(18-10(7)19-11)3-4-6(14)17-2;1-2/h9-12,16,19,21-23H,8,13-15H2,1-7H3;5,7-10,15-16H,3-4H2,1-2H3,(H,12,13);2H,1H3/t16-,19-,21-,22+,23-;5-,7-,8-,9-,10-;/m11./s1. The van der Waals surface area contributed by atoms with Crippen LogP contribution < -0.4 is 10.1 Å². The SMILES string of the molecule is CCOC(=O)CC[C@H]1O[C@@H]2SC(N(C)C(=O)OC(C)(C)C)=N[C@@H]2[C@@H](OCc2ccc(OC)cc2)[C@@H]1C.CN=C1N[C@@H]2[C@@H](O)[C@H](O)[C@@H](CCC(=O)OC)O[C@@H]2S1.CO. The van der Waals surface area contributed by atoms with Crippen LogP contribution >= 0.6 is 23.5 Å². The average Bonchev–Trinajstić information content (AvgIpc) is 3.82. The molecule has 1 aromatic carbocycles. The Labute approximate surface area is 343 Å². The Morgan fingerprint density at radius 3 is 2.19 bits per heavy atom. The molecule has 4 N–H and O–H groups in total. The number of aliphatic hydroxyl groups excluding tert-OH is 3. The van der Waals surface area contributed by atoms with Gasteiger partial charge in [-0.15, -0.1) is 0 Å². The van der Waals surface area contributed by atoms with Crippen LogP contribution in [0.25, 0.3) is 0 Å². The van der Waals surface area contributed by atoms with Gasteiger partial charge in [0, 0.05) is 40.0 Å². The number of rotatable bonds is 11. The molecule has 4 heterocycles. The molecule has 4 aliphatic heterocycles. The minimum atomic E-state index is -1.03. The second-order valence-electron chi connectivity index (χ2n) is 14.4. The highest BCUT2D eigenvalue weighted by Gasteiger charge is 2.50. The molecule has 19 heteroatoms. The average molecular weight is 845 g/mol. The zero-order chi connectivity index (χ0) is 42.4. The molecule has 0 aliphatic carbocycles. The number of aliphatic hydroxyl groups is 3. The molecule has 3 saturated heterocycles. The Kier molecular flexibility index (Phi) is 19.3. The highest BCUT2D eigenvalue weighted by Crippen LogP contribution is 2.42. The third kappa shape index (κ3) is 13.7. The molecular formula is C38H60N4O13S2. The van der Waals surface area contributed by atoms with Crippen molar-refractivity contribution >= 4 is 51.9 Å². The lowest BCUT2D eigenvalue weighted by molar-refractivity contribution is -0.162. The maximum Gasteiger partial charge on any atom is 0.416 e. The van der Waals surface area contributed by atoms with Gasteiger partial charge in [0.2, 0.25) is 0 Å². The van der Waals surface area contributed by atoms with Gasteiger partial charge in [0.25, 0.3) is 0 Å². The molecule has 4 aliphatic rings. The maximum absolute atomic E-state index is 12.6.